The van der Waals surface area contributed by atoms with E-state index >= 15 is 0 Å². The van der Waals surface area contributed by atoms with Crippen LogP contribution in [0.1, 0.15) is 40.2 Å². The molecule has 1 fully saturated rings. The second-order valence-electron chi connectivity index (χ2n) is 7.13. The van der Waals surface area contributed by atoms with E-state index in [-0.39, 0.29) is 17.7 Å². The summed E-state index contributed by atoms with van der Waals surface area (Å²) in [5.74, 6) is -1.83. The summed E-state index contributed by atoms with van der Waals surface area (Å²) >= 11 is 0. The molecule has 1 aliphatic rings. The van der Waals surface area contributed by atoms with Crippen molar-refractivity contribution in [3.63, 3.8) is 0 Å². The van der Waals surface area contributed by atoms with Crippen molar-refractivity contribution in [3.05, 3.63) is 23.5 Å². The number of methoxy groups -OCH3 is 1. The molecule has 0 aliphatic carbocycles. The number of aliphatic hydroxyl groups is 1. The van der Waals surface area contributed by atoms with Gasteiger partial charge in [0.05, 0.1) is 11.2 Å². The van der Waals surface area contributed by atoms with E-state index in [9.17, 15) is 14.3 Å². The molecule has 1 unspecified atom stereocenters. The molecule has 0 radical (unpaired) electrons. The molecule has 26 heavy (non-hydrogen) atoms. The molecule has 0 amide bonds. The van der Waals surface area contributed by atoms with Crippen molar-refractivity contribution in [1.29, 1.82) is 0 Å². The molecule has 7 nitrogen and oxygen atoms in total. The lowest BCUT2D eigenvalue weighted by Gasteiger charge is -2.32. The molecule has 9 heteroatoms. The Balaban J connectivity index is 2.38. The van der Waals surface area contributed by atoms with Crippen LogP contribution in [-0.4, -0.2) is 42.8 Å². The van der Waals surface area contributed by atoms with Gasteiger partial charge in [-0.3, -0.25) is 9.78 Å². The van der Waals surface area contributed by atoms with Gasteiger partial charge in [-0.15, -0.1) is 0 Å². The second kappa shape index (κ2) is 7.52. The molecule has 1 aliphatic heterocycles. The van der Waals surface area contributed by atoms with E-state index < -0.39 is 36.4 Å². The van der Waals surface area contributed by atoms with Crippen molar-refractivity contribution in [2.45, 2.75) is 58.5 Å². The van der Waals surface area contributed by atoms with Gasteiger partial charge in [-0.25, -0.2) is 9.18 Å². The van der Waals surface area contributed by atoms with E-state index in [4.69, 9.17) is 18.9 Å². The average Bonchev–Trinajstić information content (AvgIpc) is 2.74. The number of aliphatic hydroxyl groups excluding tert-OH is 1. The van der Waals surface area contributed by atoms with Crippen LogP contribution in [-0.2, 0) is 30.1 Å². The van der Waals surface area contributed by atoms with Gasteiger partial charge < -0.3 is 19.2 Å². The van der Waals surface area contributed by atoms with Crippen molar-refractivity contribution < 1.29 is 38.1 Å². The summed E-state index contributed by atoms with van der Waals surface area (Å²) in [6.45, 7) is 8.67. The van der Waals surface area contributed by atoms with Gasteiger partial charge in [0.2, 0.25) is 5.75 Å². The third kappa shape index (κ3) is 4.35. The standard InChI is InChI=1S/C17H24BFO7/c1-10(20)23-24-15-11(8-14(21)22-6)7-12(9-13(15)19)18-25-16(2,3)17(4,5)26-18/h7,9,14,21H,8H2,1-6H3. The van der Waals surface area contributed by atoms with Crippen molar-refractivity contribution in [2.75, 3.05) is 7.11 Å². The van der Waals surface area contributed by atoms with Gasteiger partial charge >= 0.3 is 13.1 Å². The van der Waals surface area contributed by atoms with E-state index in [1.54, 1.807) is 6.07 Å². The fourth-order valence-electron chi connectivity index (χ4n) is 2.41. The van der Waals surface area contributed by atoms with Crippen LogP contribution in [0.4, 0.5) is 4.39 Å². The van der Waals surface area contributed by atoms with E-state index in [0.717, 1.165) is 6.92 Å². The maximum Gasteiger partial charge on any atom is 0.494 e. The summed E-state index contributed by atoms with van der Waals surface area (Å²) in [6, 6.07) is 2.75. The molecule has 1 N–H and O–H groups in total. The number of benzene rings is 1. The smallest absolute Gasteiger partial charge is 0.399 e. The molecular formula is C17H24BFO7. The van der Waals surface area contributed by atoms with Crippen LogP contribution in [0.3, 0.4) is 0 Å². The summed E-state index contributed by atoms with van der Waals surface area (Å²) in [4.78, 5) is 20.2. The predicted octanol–water partition coefficient (Wildman–Crippen LogP) is 1.49. The quantitative estimate of drug-likeness (QED) is 0.352. The number of rotatable bonds is 6. The number of ether oxygens (including phenoxy) is 1. The Kier molecular flexibility index (Phi) is 5.97. The fraction of sp³-hybridized carbons (Fsp3) is 0.588. The van der Waals surface area contributed by atoms with Crippen molar-refractivity contribution >= 4 is 18.6 Å². The average molecular weight is 370 g/mol. The first-order chi connectivity index (χ1) is 12.0. The van der Waals surface area contributed by atoms with E-state index in [0.29, 0.717) is 5.46 Å². The summed E-state index contributed by atoms with van der Waals surface area (Å²) in [6.07, 6.45) is -1.28. The molecule has 1 saturated heterocycles. The lowest BCUT2D eigenvalue weighted by Crippen LogP contribution is -2.41. The van der Waals surface area contributed by atoms with Crippen LogP contribution in [0.2, 0.25) is 0 Å². The predicted molar refractivity (Wildman–Crippen MR) is 91.2 cm³/mol. The number of halogens is 1. The zero-order valence-corrected chi connectivity index (χ0v) is 15.8. The minimum atomic E-state index is -1.19. The maximum absolute atomic E-state index is 14.6. The first kappa shape index (κ1) is 20.6. The minimum Gasteiger partial charge on any atom is -0.399 e. The summed E-state index contributed by atoms with van der Waals surface area (Å²) in [5, 5.41) is 9.76. The number of carbonyl (C=O) groups excluding carboxylic acids is 1. The first-order valence-electron chi connectivity index (χ1n) is 8.21. The van der Waals surface area contributed by atoms with Crippen molar-refractivity contribution in [2.24, 2.45) is 0 Å². The molecule has 2 rings (SSSR count). The zero-order chi connectivity index (χ0) is 19.7. The maximum atomic E-state index is 14.6. The highest BCUT2D eigenvalue weighted by molar-refractivity contribution is 6.62. The van der Waals surface area contributed by atoms with E-state index in [1.165, 1.54) is 13.2 Å². The molecule has 0 bridgehead atoms. The molecular weight excluding hydrogens is 346 g/mol. The topological polar surface area (TPSA) is 83.5 Å². The van der Waals surface area contributed by atoms with Crippen molar-refractivity contribution in [1.82, 2.24) is 0 Å². The number of carbonyl (C=O) groups is 1. The zero-order valence-electron chi connectivity index (χ0n) is 15.8. The monoisotopic (exact) mass is 370 g/mol. The van der Waals surface area contributed by atoms with Crippen LogP contribution < -0.4 is 10.4 Å². The van der Waals surface area contributed by atoms with Crippen LogP contribution in [0.15, 0.2) is 12.1 Å². The Labute approximate surface area is 152 Å². The second-order valence-corrected chi connectivity index (χ2v) is 7.13. The normalized spacial score (nSPS) is 19.3. The Morgan fingerprint density at radius 3 is 2.35 bits per heavy atom. The van der Waals surface area contributed by atoms with Gasteiger partial charge in [-0.1, -0.05) is 6.07 Å². The third-order valence-corrected chi connectivity index (χ3v) is 4.58. The molecule has 0 aromatic heterocycles. The van der Waals surface area contributed by atoms with Crippen LogP contribution in [0.25, 0.3) is 0 Å². The molecule has 144 valence electrons. The number of hydrogen-bond donors (Lipinski definition) is 1. The molecule has 0 spiro atoms. The molecule has 0 saturated carbocycles. The van der Waals surface area contributed by atoms with Gasteiger partial charge in [-0.2, -0.15) is 0 Å². The summed E-state index contributed by atoms with van der Waals surface area (Å²) < 4.78 is 31.3. The highest BCUT2D eigenvalue weighted by atomic mass is 19.1. The summed E-state index contributed by atoms with van der Waals surface area (Å²) in [5.41, 5.74) is -0.527. The SMILES string of the molecule is COC(O)Cc1cc(B2OC(C)(C)C(C)(C)O2)cc(F)c1OOC(C)=O. The fourth-order valence-corrected chi connectivity index (χ4v) is 2.41. The van der Waals surface area contributed by atoms with Gasteiger partial charge in [0.15, 0.2) is 12.1 Å². The Morgan fingerprint density at radius 1 is 1.27 bits per heavy atom. The lowest BCUT2D eigenvalue weighted by molar-refractivity contribution is -0.212. The van der Waals surface area contributed by atoms with E-state index in [1.807, 2.05) is 27.7 Å². The molecule has 1 aromatic carbocycles. The van der Waals surface area contributed by atoms with Crippen molar-refractivity contribution in [3.8, 4) is 5.75 Å². The number of hydrogen-bond acceptors (Lipinski definition) is 7. The van der Waals surface area contributed by atoms with Gasteiger partial charge in [0, 0.05) is 26.0 Å². The third-order valence-electron chi connectivity index (χ3n) is 4.58. The molecule has 1 aromatic rings. The van der Waals surface area contributed by atoms with E-state index in [2.05, 4.69) is 4.89 Å². The van der Waals surface area contributed by atoms with Crippen LogP contribution in [0.5, 0.6) is 5.75 Å². The first-order valence-corrected chi connectivity index (χ1v) is 8.21. The van der Waals surface area contributed by atoms with Gasteiger partial charge in [0.25, 0.3) is 0 Å². The van der Waals surface area contributed by atoms with Gasteiger partial charge in [-0.05, 0) is 39.2 Å². The minimum absolute atomic E-state index is 0.0859. The Hall–Kier alpha value is -1.68. The van der Waals surface area contributed by atoms with Crippen LogP contribution in [0, 0.1) is 5.82 Å². The lowest BCUT2D eigenvalue weighted by atomic mass is 9.78. The summed E-state index contributed by atoms with van der Waals surface area (Å²) in [7, 11) is 0.516. The highest BCUT2D eigenvalue weighted by Gasteiger charge is 2.52. The Bertz CT molecular complexity index is 661. The Morgan fingerprint density at radius 2 is 1.85 bits per heavy atom. The highest BCUT2D eigenvalue weighted by Crippen LogP contribution is 2.37. The molecule has 1 atom stereocenters. The largest absolute Gasteiger partial charge is 0.494 e. The molecule has 1 heterocycles. The van der Waals surface area contributed by atoms with Gasteiger partial charge in [0.1, 0.15) is 0 Å². The van der Waals surface area contributed by atoms with Crippen LogP contribution >= 0.6 is 0 Å².